The van der Waals surface area contributed by atoms with Crippen molar-refractivity contribution in [1.29, 1.82) is 0 Å². The lowest BCUT2D eigenvalue weighted by Gasteiger charge is -2.19. The zero-order valence-corrected chi connectivity index (χ0v) is 33.3. The lowest BCUT2D eigenvalue weighted by molar-refractivity contribution is 1.18. The van der Waals surface area contributed by atoms with E-state index >= 15 is 0 Å². The molecular formula is C60H37N. The number of fused-ring (bicyclic) bond motifs is 11. The van der Waals surface area contributed by atoms with Crippen molar-refractivity contribution < 1.29 is 0 Å². The van der Waals surface area contributed by atoms with Crippen LogP contribution in [0.3, 0.4) is 0 Å². The van der Waals surface area contributed by atoms with Gasteiger partial charge in [0.1, 0.15) is 0 Å². The predicted octanol–water partition coefficient (Wildman–Crippen LogP) is 16.7. The average molecular weight is 772 g/mol. The summed E-state index contributed by atoms with van der Waals surface area (Å²) in [5.41, 5.74) is 11.0. The van der Waals surface area contributed by atoms with Crippen molar-refractivity contribution in [2.24, 2.45) is 0 Å². The van der Waals surface area contributed by atoms with E-state index in [0.717, 1.165) is 5.69 Å². The highest BCUT2D eigenvalue weighted by molar-refractivity contribution is 6.28. The standard InChI is InChI=1S/C60H37N/c1-2-14-40(15-3-1)58-52-21-11-10-20-51(52)57(53-31-26-46(37-54(53)58)44-22-23-45-34-42-16-4-5-17-43(42)35-47(45)36-44)41-24-29-48(30-25-41)61-55-32-27-38-12-6-8-18-49(38)59(55)60-50-19-9-7-13-39(50)28-33-56(60)61/h1-37H. The van der Waals surface area contributed by atoms with Gasteiger partial charge in [0.15, 0.2) is 0 Å². The molecule has 0 saturated carbocycles. The maximum atomic E-state index is 2.46. The topological polar surface area (TPSA) is 4.93 Å². The zero-order chi connectivity index (χ0) is 40.0. The number of benzene rings is 12. The Morgan fingerprint density at radius 2 is 0.656 bits per heavy atom. The fourth-order valence-corrected chi connectivity index (χ4v) is 10.3. The Balaban J connectivity index is 1.03. The van der Waals surface area contributed by atoms with Gasteiger partial charge in [-0.3, -0.25) is 0 Å². The van der Waals surface area contributed by atoms with Gasteiger partial charge in [-0.25, -0.2) is 0 Å². The molecule has 0 bridgehead atoms. The summed E-state index contributed by atoms with van der Waals surface area (Å²) in [7, 11) is 0. The van der Waals surface area contributed by atoms with Gasteiger partial charge in [-0.1, -0.05) is 176 Å². The molecule has 61 heavy (non-hydrogen) atoms. The minimum Gasteiger partial charge on any atom is -0.309 e. The van der Waals surface area contributed by atoms with Gasteiger partial charge in [0, 0.05) is 16.5 Å². The molecule has 1 aromatic heterocycles. The Labute approximate surface area is 353 Å². The van der Waals surface area contributed by atoms with Gasteiger partial charge in [-0.15, -0.1) is 0 Å². The van der Waals surface area contributed by atoms with Crippen LogP contribution in [-0.2, 0) is 0 Å². The van der Waals surface area contributed by atoms with Crippen molar-refractivity contribution in [3.8, 4) is 39.1 Å². The molecule has 0 N–H and O–H groups in total. The first-order valence-corrected chi connectivity index (χ1v) is 21.2. The molecule has 0 amide bonds. The normalized spacial score (nSPS) is 11.9. The highest BCUT2D eigenvalue weighted by atomic mass is 15.0. The minimum atomic E-state index is 1.15. The van der Waals surface area contributed by atoms with Crippen LogP contribution in [0.15, 0.2) is 224 Å². The summed E-state index contributed by atoms with van der Waals surface area (Å²) < 4.78 is 2.46. The van der Waals surface area contributed by atoms with E-state index in [-0.39, 0.29) is 0 Å². The van der Waals surface area contributed by atoms with Crippen molar-refractivity contribution in [1.82, 2.24) is 4.57 Å². The monoisotopic (exact) mass is 771 g/mol. The zero-order valence-electron chi connectivity index (χ0n) is 33.3. The average Bonchev–Trinajstić information content (AvgIpc) is 3.68. The van der Waals surface area contributed by atoms with Gasteiger partial charge in [-0.05, 0) is 147 Å². The fraction of sp³-hybridized carbons (Fsp3) is 0. The number of hydrogen-bond donors (Lipinski definition) is 0. The van der Waals surface area contributed by atoms with Crippen LogP contribution in [0.1, 0.15) is 0 Å². The molecule has 1 heteroatoms. The Morgan fingerprint density at radius 1 is 0.230 bits per heavy atom. The van der Waals surface area contributed by atoms with Crippen molar-refractivity contribution >= 4 is 86.4 Å². The number of aromatic nitrogens is 1. The molecule has 0 unspecified atom stereocenters. The SMILES string of the molecule is c1ccc(-c2c3ccccc3c(-c3ccc(-n4c5ccc6ccccc6c5c5c6ccccc6ccc54)cc3)c3ccc(-c4ccc5cc6ccccc6cc5c4)cc23)cc1. The summed E-state index contributed by atoms with van der Waals surface area (Å²) in [6, 6.07) is 83.2. The predicted molar refractivity (Wildman–Crippen MR) is 262 cm³/mol. The molecule has 0 spiro atoms. The van der Waals surface area contributed by atoms with E-state index in [2.05, 4.69) is 229 Å². The third-order valence-electron chi connectivity index (χ3n) is 13.1. The van der Waals surface area contributed by atoms with Gasteiger partial charge in [0.05, 0.1) is 11.0 Å². The molecule has 0 aliphatic rings. The maximum absolute atomic E-state index is 2.46. The van der Waals surface area contributed by atoms with Crippen LogP contribution in [0.5, 0.6) is 0 Å². The molecule has 0 atom stereocenters. The van der Waals surface area contributed by atoms with Crippen LogP contribution < -0.4 is 0 Å². The van der Waals surface area contributed by atoms with E-state index in [0.29, 0.717) is 0 Å². The number of rotatable bonds is 4. The van der Waals surface area contributed by atoms with Crippen LogP contribution in [0.4, 0.5) is 0 Å². The van der Waals surface area contributed by atoms with Crippen LogP contribution in [0.2, 0.25) is 0 Å². The Hall–Kier alpha value is -8.00. The van der Waals surface area contributed by atoms with E-state index in [1.54, 1.807) is 0 Å². The van der Waals surface area contributed by atoms with Gasteiger partial charge in [0.2, 0.25) is 0 Å². The van der Waals surface area contributed by atoms with Gasteiger partial charge < -0.3 is 4.57 Å². The van der Waals surface area contributed by atoms with E-state index in [4.69, 9.17) is 0 Å². The molecule has 12 aromatic carbocycles. The maximum Gasteiger partial charge on any atom is 0.0547 e. The second-order valence-electron chi connectivity index (χ2n) is 16.4. The van der Waals surface area contributed by atoms with E-state index < -0.39 is 0 Å². The molecule has 1 nitrogen and oxygen atoms in total. The summed E-state index contributed by atoms with van der Waals surface area (Å²) in [6.45, 7) is 0. The first kappa shape index (κ1) is 33.9. The summed E-state index contributed by atoms with van der Waals surface area (Å²) >= 11 is 0. The number of hydrogen-bond acceptors (Lipinski definition) is 0. The molecule has 0 radical (unpaired) electrons. The quantitative estimate of drug-likeness (QED) is 0.157. The van der Waals surface area contributed by atoms with E-state index in [9.17, 15) is 0 Å². The smallest absolute Gasteiger partial charge is 0.0547 e. The highest BCUT2D eigenvalue weighted by Gasteiger charge is 2.20. The minimum absolute atomic E-state index is 1.15. The van der Waals surface area contributed by atoms with Crippen LogP contribution in [0.25, 0.3) is 126 Å². The van der Waals surface area contributed by atoms with Crippen LogP contribution in [0, 0.1) is 0 Å². The Kier molecular flexibility index (Phi) is 7.37. The first-order valence-electron chi connectivity index (χ1n) is 21.2. The lowest BCUT2D eigenvalue weighted by Crippen LogP contribution is -1.95. The van der Waals surface area contributed by atoms with E-state index in [1.807, 2.05) is 0 Å². The Morgan fingerprint density at radius 3 is 1.30 bits per heavy atom. The second kappa shape index (κ2) is 13.3. The first-order chi connectivity index (χ1) is 30.2. The molecule has 0 saturated heterocycles. The van der Waals surface area contributed by atoms with E-state index in [1.165, 1.54) is 120 Å². The third-order valence-corrected chi connectivity index (χ3v) is 13.1. The fourth-order valence-electron chi connectivity index (χ4n) is 10.3. The van der Waals surface area contributed by atoms with Crippen LogP contribution >= 0.6 is 0 Å². The molecule has 13 aromatic rings. The largest absolute Gasteiger partial charge is 0.309 e. The van der Waals surface area contributed by atoms with Crippen molar-refractivity contribution in [3.63, 3.8) is 0 Å². The summed E-state index contributed by atoms with van der Waals surface area (Å²) in [5.74, 6) is 0. The molecular weight excluding hydrogens is 735 g/mol. The highest BCUT2D eigenvalue weighted by Crippen LogP contribution is 2.46. The summed E-state index contributed by atoms with van der Waals surface area (Å²) in [4.78, 5) is 0. The molecule has 0 aliphatic heterocycles. The van der Waals surface area contributed by atoms with Gasteiger partial charge in [0.25, 0.3) is 0 Å². The molecule has 0 aliphatic carbocycles. The van der Waals surface area contributed by atoms with Gasteiger partial charge >= 0.3 is 0 Å². The third kappa shape index (κ3) is 5.21. The molecule has 0 fully saturated rings. The molecule has 282 valence electrons. The molecule has 13 rings (SSSR count). The summed E-state index contributed by atoms with van der Waals surface area (Å²) in [5, 5.41) is 17.7. The lowest BCUT2D eigenvalue weighted by atomic mass is 9.84. The van der Waals surface area contributed by atoms with Crippen molar-refractivity contribution in [3.05, 3.63) is 224 Å². The van der Waals surface area contributed by atoms with Crippen molar-refractivity contribution in [2.45, 2.75) is 0 Å². The van der Waals surface area contributed by atoms with Crippen molar-refractivity contribution in [2.75, 3.05) is 0 Å². The number of nitrogens with zero attached hydrogens (tertiary/aromatic N) is 1. The Bertz CT molecular complexity index is 3820. The van der Waals surface area contributed by atoms with Gasteiger partial charge in [-0.2, -0.15) is 0 Å². The molecule has 1 heterocycles. The summed E-state index contributed by atoms with van der Waals surface area (Å²) in [6.07, 6.45) is 0. The van der Waals surface area contributed by atoms with Crippen LogP contribution in [-0.4, -0.2) is 4.57 Å². The second-order valence-corrected chi connectivity index (χ2v) is 16.4.